The first-order valence-electron chi connectivity index (χ1n) is 5.18. The van der Waals surface area contributed by atoms with Gasteiger partial charge in [-0.25, -0.2) is 4.39 Å². The van der Waals surface area contributed by atoms with Gasteiger partial charge in [0, 0.05) is 17.7 Å². The molecule has 0 saturated carbocycles. The fourth-order valence-corrected chi connectivity index (χ4v) is 1.36. The molecular formula is C12H18FNO. The lowest BCUT2D eigenvalue weighted by Crippen LogP contribution is -2.14. The maximum Gasteiger partial charge on any atom is 0.131 e. The van der Waals surface area contributed by atoms with Crippen LogP contribution in [0.4, 0.5) is 4.39 Å². The van der Waals surface area contributed by atoms with Crippen LogP contribution >= 0.6 is 0 Å². The van der Waals surface area contributed by atoms with Crippen LogP contribution in [0, 0.1) is 5.82 Å². The molecule has 3 heteroatoms. The highest BCUT2D eigenvalue weighted by Crippen LogP contribution is 2.22. The monoisotopic (exact) mass is 211 g/mol. The minimum absolute atomic E-state index is 0.0121. The zero-order valence-electron chi connectivity index (χ0n) is 9.67. The predicted octanol–water partition coefficient (Wildman–Crippen LogP) is 2.89. The third-order valence-electron chi connectivity index (χ3n) is 2.24. The molecule has 0 heterocycles. The molecule has 1 unspecified atom stereocenters. The van der Waals surface area contributed by atoms with Crippen LogP contribution in [0.2, 0.25) is 0 Å². The molecule has 0 amide bonds. The van der Waals surface area contributed by atoms with E-state index in [4.69, 9.17) is 4.74 Å². The van der Waals surface area contributed by atoms with Gasteiger partial charge in [-0.15, -0.1) is 0 Å². The summed E-state index contributed by atoms with van der Waals surface area (Å²) >= 11 is 0. The largest absolute Gasteiger partial charge is 0.491 e. The molecule has 1 rings (SSSR count). The van der Waals surface area contributed by atoms with Crippen LogP contribution in [0.1, 0.15) is 32.4 Å². The highest BCUT2D eigenvalue weighted by molar-refractivity contribution is 5.30. The second-order valence-corrected chi connectivity index (χ2v) is 3.86. The summed E-state index contributed by atoms with van der Waals surface area (Å²) < 4.78 is 19.0. The van der Waals surface area contributed by atoms with E-state index in [1.54, 1.807) is 12.1 Å². The van der Waals surface area contributed by atoms with Crippen molar-refractivity contribution in [3.63, 3.8) is 0 Å². The van der Waals surface area contributed by atoms with Crippen molar-refractivity contribution < 1.29 is 9.13 Å². The summed E-state index contributed by atoms with van der Waals surface area (Å²) in [7, 11) is 1.81. The standard InChI is InChI=1S/C12H18FNO/c1-8(2)15-10-5-6-11(9(3)14-4)12(13)7-10/h5-9,14H,1-4H3. The zero-order valence-corrected chi connectivity index (χ0v) is 9.67. The molecule has 0 spiro atoms. The summed E-state index contributed by atoms with van der Waals surface area (Å²) in [6, 6.07) is 5.00. The number of hydrogen-bond donors (Lipinski definition) is 1. The van der Waals surface area contributed by atoms with E-state index in [1.807, 2.05) is 27.8 Å². The second-order valence-electron chi connectivity index (χ2n) is 3.86. The van der Waals surface area contributed by atoms with Gasteiger partial charge in [0.2, 0.25) is 0 Å². The highest BCUT2D eigenvalue weighted by atomic mass is 19.1. The quantitative estimate of drug-likeness (QED) is 0.826. The molecular weight excluding hydrogens is 193 g/mol. The molecule has 0 aliphatic carbocycles. The number of halogens is 1. The van der Waals surface area contributed by atoms with Crippen LogP contribution in [0.15, 0.2) is 18.2 Å². The molecule has 0 aliphatic rings. The summed E-state index contributed by atoms with van der Waals surface area (Å²) in [4.78, 5) is 0. The zero-order chi connectivity index (χ0) is 11.4. The molecule has 1 aromatic rings. The van der Waals surface area contributed by atoms with Gasteiger partial charge in [-0.05, 0) is 33.9 Å². The lowest BCUT2D eigenvalue weighted by molar-refractivity contribution is 0.241. The highest BCUT2D eigenvalue weighted by Gasteiger charge is 2.10. The molecule has 2 nitrogen and oxygen atoms in total. The first-order valence-corrected chi connectivity index (χ1v) is 5.18. The van der Waals surface area contributed by atoms with Crippen molar-refractivity contribution in [1.82, 2.24) is 5.32 Å². The van der Waals surface area contributed by atoms with Gasteiger partial charge in [0.15, 0.2) is 0 Å². The molecule has 1 aromatic carbocycles. The van der Waals surface area contributed by atoms with Crippen molar-refractivity contribution in [1.29, 1.82) is 0 Å². The SMILES string of the molecule is CNC(C)c1ccc(OC(C)C)cc1F. The Morgan fingerprint density at radius 2 is 1.93 bits per heavy atom. The summed E-state index contributed by atoms with van der Waals surface area (Å²) in [6.07, 6.45) is 0.0666. The normalized spacial score (nSPS) is 12.9. The molecule has 0 aromatic heterocycles. The van der Waals surface area contributed by atoms with Gasteiger partial charge >= 0.3 is 0 Å². The summed E-state index contributed by atoms with van der Waals surface area (Å²) in [5.74, 6) is 0.351. The Balaban J connectivity index is 2.88. The fraction of sp³-hybridized carbons (Fsp3) is 0.500. The topological polar surface area (TPSA) is 21.3 Å². The molecule has 0 aliphatic heterocycles. The van der Waals surface area contributed by atoms with Crippen LogP contribution in [0.3, 0.4) is 0 Å². The maximum atomic E-state index is 13.6. The van der Waals surface area contributed by atoms with Crippen molar-refractivity contribution in [3.8, 4) is 5.75 Å². The third kappa shape index (κ3) is 3.20. The van der Waals surface area contributed by atoms with Crippen LogP contribution in [0.5, 0.6) is 5.75 Å². The van der Waals surface area contributed by atoms with Crippen LogP contribution in [0.25, 0.3) is 0 Å². The molecule has 15 heavy (non-hydrogen) atoms. The number of hydrogen-bond acceptors (Lipinski definition) is 2. The van der Waals surface area contributed by atoms with Gasteiger partial charge < -0.3 is 10.1 Å². The third-order valence-corrected chi connectivity index (χ3v) is 2.24. The average Bonchev–Trinajstić information content (AvgIpc) is 2.16. The van der Waals surface area contributed by atoms with E-state index in [2.05, 4.69) is 5.32 Å². The minimum atomic E-state index is -0.227. The van der Waals surface area contributed by atoms with Crippen molar-refractivity contribution in [3.05, 3.63) is 29.6 Å². The van der Waals surface area contributed by atoms with Gasteiger partial charge in [0.05, 0.1) is 6.10 Å². The van der Waals surface area contributed by atoms with Crippen LogP contribution in [-0.2, 0) is 0 Å². The predicted molar refractivity (Wildman–Crippen MR) is 59.6 cm³/mol. The molecule has 0 saturated heterocycles. The van der Waals surface area contributed by atoms with Gasteiger partial charge in [-0.3, -0.25) is 0 Å². The maximum absolute atomic E-state index is 13.6. The fourth-order valence-electron chi connectivity index (χ4n) is 1.36. The summed E-state index contributed by atoms with van der Waals surface area (Å²) in [5, 5.41) is 3.00. The van der Waals surface area contributed by atoms with Gasteiger partial charge in [-0.2, -0.15) is 0 Å². The molecule has 0 radical (unpaired) electrons. The van der Waals surface area contributed by atoms with Crippen molar-refractivity contribution >= 4 is 0 Å². The summed E-state index contributed by atoms with van der Waals surface area (Å²) in [5.41, 5.74) is 0.661. The van der Waals surface area contributed by atoms with Gasteiger partial charge in [0.1, 0.15) is 11.6 Å². The number of nitrogens with one attached hydrogen (secondary N) is 1. The van der Waals surface area contributed by atoms with E-state index in [0.29, 0.717) is 11.3 Å². The molecule has 0 fully saturated rings. The van der Waals surface area contributed by atoms with Crippen molar-refractivity contribution in [2.45, 2.75) is 32.9 Å². The molecule has 0 bridgehead atoms. The van der Waals surface area contributed by atoms with Gasteiger partial charge in [-0.1, -0.05) is 6.07 Å². The first-order chi connectivity index (χ1) is 7.04. The van der Waals surface area contributed by atoms with Gasteiger partial charge in [0.25, 0.3) is 0 Å². The molecule has 84 valence electrons. The Morgan fingerprint density at radius 3 is 2.40 bits per heavy atom. The Kier molecular flexibility index (Phi) is 4.09. The second kappa shape index (κ2) is 5.12. The van der Waals surface area contributed by atoms with E-state index in [-0.39, 0.29) is 18.0 Å². The first kappa shape index (κ1) is 12.0. The minimum Gasteiger partial charge on any atom is -0.491 e. The Labute approximate surface area is 90.4 Å². The van der Waals surface area contributed by atoms with Crippen LogP contribution in [-0.4, -0.2) is 13.2 Å². The van der Waals surface area contributed by atoms with Crippen LogP contribution < -0.4 is 10.1 Å². The average molecular weight is 211 g/mol. The molecule has 1 atom stereocenters. The smallest absolute Gasteiger partial charge is 0.131 e. The number of benzene rings is 1. The Hall–Kier alpha value is -1.09. The van der Waals surface area contributed by atoms with E-state index >= 15 is 0 Å². The van der Waals surface area contributed by atoms with Crippen molar-refractivity contribution in [2.75, 3.05) is 7.05 Å². The lowest BCUT2D eigenvalue weighted by atomic mass is 10.1. The number of rotatable bonds is 4. The Morgan fingerprint density at radius 1 is 1.27 bits per heavy atom. The Bertz CT molecular complexity index is 325. The van der Waals surface area contributed by atoms with E-state index in [9.17, 15) is 4.39 Å². The van der Waals surface area contributed by atoms with E-state index in [1.165, 1.54) is 6.07 Å². The molecule has 1 N–H and O–H groups in total. The van der Waals surface area contributed by atoms with E-state index < -0.39 is 0 Å². The van der Waals surface area contributed by atoms with E-state index in [0.717, 1.165) is 0 Å². The number of ether oxygens (including phenoxy) is 1. The van der Waals surface area contributed by atoms with Crippen molar-refractivity contribution in [2.24, 2.45) is 0 Å². The summed E-state index contributed by atoms with van der Waals surface area (Å²) in [6.45, 7) is 5.76. The lowest BCUT2D eigenvalue weighted by Gasteiger charge is -2.14.